The lowest BCUT2D eigenvalue weighted by Gasteiger charge is -2.07. The first-order valence-corrected chi connectivity index (χ1v) is 6.23. The van der Waals surface area contributed by atoms with Crippen molar-refractivity contribution in [3.8, 4) is 0 Å². The van der Waals surface area contributed by atoms with E-state index in [0.717, 1.165) is 5.56 Å². The highest BCUT2D eigenvalue weighted by atomic mass is 16.5. The van der Waals surface area contributed by atoms with Crippen molar-refractivity contribution in [3.63, 3.8) is 0 Å². The van der Waals surface area contributed by atoms with Gasteiger partial charge in [0, 0.05) is 7.05 Å². The highest BCUT2D eigenvalue weighted by molar-refractivity contribution is 5.98. The first kappa shape index (κ1) is 14.6. The Morgan fingerprint density at radius 1 is 1.33 bits per heavy atom. The molecule has 0 aliphatic rings. The number of aryl methyl sites for hydroxylation is 2. The van der Waals surface area contributed by atoms with Crippen LogP contribution in [0.4, 0.5) is 10.5 Å². The van der Waals surface area contributed by atoms with E-state index < -0.39 is 12.1 Å². The van der Waals surface area contributed by atoms with E-state index >= 15 is 0 Å². The summed E-state index contributed by atoms with van der Waals surface area (Å²) in [5, 5.41) is 15.5. The van der Waals surface area contributed by atoms with Crippen LogP contribution in [0.15, 0.2) is 30.3 Å². The molecule has 110 valence electrons. The van der Waals surface area contributed by atoms with Gasteiger partial charge in [-0.2, -0.15) is 5.10 Å². The number of carboxylic acid groups (broad SMARTS) is 1. The van der Waals surface area contributed by atoms with E-state index in [1.54, 1.807) is 6.92 Å². The Morgan fingerprint density at radius 3 is 2.62 bits per heavy atom. The molecule has 7 nitrogen and oxygen atoms in total. The average molecular weight is 289 g/mol. The van der Waals surface area contributed by atoms with Crippen molar-refractivity contribution in [1.82, 2.24) is 9.78 Å². The molecule has 1 aromatic carbocycles. The number of ether oxygens (including phenoxy) is 1. The van der Waals surface area contributed by atoms with Crippen LogP contribution in [-0.2, 0) is 18.4 Å². The van der Waals surface area contributed by atoms with Crippen LogP contribution in [0.25, 0.3) is 0 Å². The third-order valence-electron chi connectivity index (χ3n) is 2.86. The molecule has 0 saturated carbocycles. The molecule has 2 N–H and O–H groups in total. The van der Waals surface area contributed by atoms with Crippen molar-refractivity contribution in [2.45, 2.75) is 13.5 Å². The molecule has 0 radical (unpaired) electrons. The van der Waals surface area contributed by atoms with Crippen LogP contribution in [-0.4, -0.2) is 26.9 Å². The van der Waals surface area contributed by atoms with Crippen molar-refractivity contribution < 1.29 is 19.4 Å². The van der Waals surface area contributed by atoms with E-state index in [1.807, 2.05) is 30.3 Å². The van der Waals surface area contributed by atoms with Crippen LogP contribution < -0.4 is 5.32 Å². The number of nitrogens with zero attached hydrogens (tertiary/aromatic N) is 2. The molecule has 0 spiro atoms. The summed E-state index contributed by atoms with van der Waals surface area (Å²) in [4.78, 5) is 22.9. The number of nitrogens with one attached hydrogen (secondary N) is 1. The van der Waals surface area contributed by atoms with Gasteiger partial charge >= 0.3 is 12.1 Å². The maximum Gasteiger partial charge on any atom is 0.412 e. The second-order valence-electron chi connectivity index (χ2n) is 4.42. The van der Waals surface area contributed by atoms with Gasteiger partial charge in [-0.15, -0.1) is 0 Å². The Balaban J connectivity index is 2.05. The van der Waals surface area contributed by atoms with E-state index in [2.05, 4.69) is 10.4 Å². The van der Waals surface area contributed by atoms with E-state index in [0.29, 0.717) is 5.69 Å². The van der Waals surface area contributed by atoms with Gasteiger partial charge in [-0.05, 0) is 12.5 Å². The minimum absolute atomic E-state index is 0.0934. The van der Waals surface area contributed by atoms with Crippen molar-refractivity contribution in [2.24, 2.45) is 7.05 Å². The van der Waals surface area contributed by atoms with Gasteiger partial charge in [0.25, 0.3) is 0 Å². The average Bonchev–Trinajstić information content (AvgIpc) is 2.72. The number of anilines is 1. The molecule has 0 atom stereocenters. The monoisotopic (exact) mass is 289 g/mol. The zero-order chi connectivity index (χ0) is 15.4. The molecule has 0 aliphatic heterocycles. The highest BCUT2D eigenvalue weighted by Gasteiger charge is 2.21. The zero-order valence-corrected chi connectivity index (χ0v) is 11.7. The number of rotatable bonds is 4. The molecule has 2 rings (SSSR count). The molecule has 0 saturated heterocycles. The fourth-order valence-corrected chi connectivity index (χ4v) is 1.91. The molecule has 7 heteroatoms. The first-order valence-electron chi connectivity index (χ1n) is 6.23. The predicted molar refractivity (Wildman–Crippen MR) is 75.2 cm³/mol. The number of benzene rings is 1. The smallest absolute Gasteiger partial charge is 0.412 e. The maximum atomic E-state index is 11.8. The highest BCUT2D eigenvalue weighted by Crippen LogP contribution is 2.20. The largest absolute Gasteiger partial charge is 0.476 e. The Morgan fingerprint density at radius 2 is 2.00 bits per heavy atom. The number of aromatic nitrogens is 2. The summed E-state index contributed by atoms with van der Waals surface area (Å²) in [6.07, 6.45) is -0.725. The Kier molecular flexibility index (Phi) is 4.22. The summed E-state index contributed by atoms with van der Waals surface area (Å²) < 4.78 is 6.25. The minimum Gasteiger partial charge on any atom is -0.476 e. The Bertz CT molecular complexity index is 664. The molecule has 1 aromatic heterocycles. The molecule has 2 aromatic rings. The second kappa shape index (κ2) is 6.08. The molecule has 0 fully saturated rings. The lowest BCUT2D eigenvalue weighted by Crippen LogP contribution is -2.17. The number of aromatic carboxylic acids is 1. The standard InChI is InChI=1S/C14H15N3O4/c1-9-11(12(13(18)19)17(2)16-9)15-14(20)21-8-10-6-4-3-5-7-10/h3-7H,8H2,1-2H3,(H,15,20)(H,18,19). The summed E-state index contributed by atoms with van der Waals surface area (Å²) >= 11 is 0. The molecule has 21 heavy (non-hydrogen) atoms. The normalized spacial score (nSPS) is 10.2. The number of hydrogen-bond donors (Lipinski definition) is 2. The quantitative estimate of drug-likeness (QED) is 0.899. The Labute approximate surface area is 121 Å². The maximum absolute atomic E-state index is 11.8. The molecule has 0 unspecified atom stereocenters. The third-order valence-corrected chi connectivity index (χ3v) is 2.86. The lowest BCUT2D eigenvalue weighted by molar-refractivity contribution is 0.0686. The fourth-order valence-electron chi connectivity index (χ4n) is 1.91. The van der Waals surface area contributed by atoms with Gasteiger partial charge in [0.15, 0.2) is 5.69 Å². The van der Waals surface area contributed by atoms with Crippen molar-refractivity contribution in [1.29, 1.82) is 0 Å². The number of hydrogen-bond acceptors (Lipinski definition) is 4. The predicted octanol–water partition coefficient (Wildman–Crippen LogP) is 2.18. The van der Waals surface area contributed by atoms with E-state index in [1.165, 1.54) is 11.7 Å². The number of amides is 1. The van der Waals surface area contributed by atoms with Gasteiger partial charge in [0.2, 0.25) is 0 Å². The topological polar surface area (TPSA) is 93.5 Å². The second-order valence-corrected chi connectivity index (χ2v) is 4.42. The summed E-state index contributed by atoms with van der Waals surface area (Å²) in [6, 6.07) is 9.19. The SMILES string of the molecule is Cc1nn(C)c(C(=O)O)c1NC(=O)OCc1ccccc1. The molecular weight excluding hydrogens is 274 g/mol. The zero-order valence-electron chi connectivity index (χ0n) is 11.7. The van der Waals surface area contributed by atoms with Crippen LogP contribution in [0.2, 0.25) is 0 Å². The molecule has 1 amide bonds. The van der Waals surface area contributed by atoms with Crippen LogP contribution in [0, 0.1) is 6.92 Å². The molecule has 0 aliphatic carbocycles. The van der Waals surface area contributed by atoms with Crippen molar-refractivity contribution in [3.05, 3.63) is 47.3 Å². The van der Waals surface area contributed by atoms with Gasteiger partial charge in [-0.25, -0.2) is 9.59 Å². The molecule has 0 bridgehead atoms. The van der Waals surface area contributed by atoms with Gasteiger partial charge in [0.05, 0.1) is 11.4 Å². The number of carboxylic acids is 1. The van der Waals surface area contributed by atoms with Crippen LogP contribution in [0.5, 0.6) is 0 Å². The summed E-state index contributed by atoms with van der Waals surface area (Å²) in [5.74, 6) is -1.17. The van der Waals surface area contributed by atoms with Crippen molar-refractivity contribution >= 4 is 17.7 Å². The summed E-state index contributed by atoms with van der Waals surface area (Å²) in [7, 11) is 1.50. The van der Waals surface area contributed by atoms with E-state index in [9.17, 15) is 9.59 Å². The first-order chi connectivity index (χ1) is 9.99. The van der Waals surface area contributed by atoms with E-state index in [-0.39, 0.29) is 18.0 Å². The lowest BCUT2D eigenvalue weighted by atomic mass is 10.2. The van der Waals surface area contributed by atoms with E-state index in [4.69, 9.17) is 9.84 Å². The van der Waals surface area contributed by atoms with Crippen LogP contribution in [0.1, 0.15) is 21.7 Å². The Hall–Kier alpha value is -2.83. The number of carbonyl (C=O) groups is 2. The third kappa shape index (κ3) is 3.38. The van der Waals surface area contributed by atoms with Crippen LogP contribution in [0.3, 0.4) is 0 Å². The molecule has 1 heterocycles. The number of carbonyl (C=O) groups excluding carboxylic acids is 1. The van der Waals surface area contributed by atoms with Gasteiger partial charge in [-0.3, -0.25) is 10.00 Å². The minimum atomic E-state index is -1.17. The summed E-state index contributed by atoms with van der Waals surface area (Å²) in [5.41, 5.74) is 1.30. The van der Waals surface area contributed by atoms with Crippen molar-refractivity contribution in [2.75, 3.05) is 5.32 Å². The van der Waals surface area contributed by atoms with Crippen LogP contribution >= 0.6 is 0 Å². The molecular formula is C14H15N3O4. The van der Waals surface area contributed by atoms with Gasteiger partial charge < -0.3 is 9.84 Å². The fraction of sp³-hybridized carbons (Fsp3) is 0.214. The van der Waals surface area contributed by atoms with Gasteiger partial charge in [-0.1, -0.05) is 30.3 Å². The summed E-state index contributed by atoms with van der Waals surface area (Å²) in [6.45, 7) is 1.72. The van der Waals surface area contributed by atoms with Gasteiger partial charge in [0.1, 0.15) is 6.61 Å².